The number of rotatable bonds is 8. The Labute approximate surface area is 113 Å². The highest BCUT2D eigenvalue weighted by Crippen LogP contribution is 2.26. The summed E-state index contributed by atoms with van der Waals surface area (Å²) in [7, 11) is 0. The van der Waals surface area contributed by atoms with Gasteiger partial charge in [-0.3, -0.25) is 9.59 Å². The van der Waals surface area contributed by atoms with E-state index in [2.05, 4.69) is 0 Å². The van der Waals surface area contributed by atoms with E-state index in [1.165, 1.54) is 4.90 Å². The van der Waals surface area contributed by atoms with E-state index in [0.717, 1.165) is 0 Å². The molecule has 0 heterocycles. The van der Waals surface area contributed by atoms with Crippen molar-refractivity contribution < 1.29 is 14.7 Å². The molecule has 0 aromatic carbocycles. The Bertz CT molecular complexity index is 386. The minimum atomic E-state index is -0.946. The quantitative estimate of drug-likeness (QED) is 0.716. The van der Waals surface area contributed by atoms with Crippen LogP contribution in [0.1, 0.15) is 39.5 Å². The van der Waals surface area contributed by atoms with Crippen molar-refractivity contribution >= 4 is 11.9 Å². The summed E-state index contributed by atoms with van der Waals surface area (Å²) in [6.45, 7) is 3.98. The minimum absolute atomic E-state index is 0.0934. The first kappa shape index (κ1) is 16.9. The second kappa shape index (κ2) is 8.10. The number of amides is 1. The van der Waals surface area contributed by atoms with Crippen molar-refractivity contribution in [3.05, 3.63) is 0 Å². The summed E-state index contributed by atoms with van der Waals surface area (Å²) in [5, 5.41) is 25.9. The fraction of sp³-hybridized carbons (Fsp3) is 0.692. The van der Waals surface area contributed by atoms with Crippen LogP contribution >= 0.6 is 0 Å². The van der Waals surface area contributed by atoms with Gasteiger partial charge in [-0.15, -0.1) is 0 Å². The molecule has 0 rings (SSSR count). The maximum absolute atomic E-state index is 12.1. The molecule has 0 aromatic rings. The van der Waals surface area contributed by atoms with Crippen LogP contribution in [0.25, 0.3) is 0 Å². The summed E-state index contributed by atoms with van der Waals surface area (Å²) in [4.78, 5) is 24.2. The summed E-state index contributed by atoms with van der Waals surface area (Å²) in [5.41, 5.74) is -0.638. The van der Waals surface area contributed by atoms with E-state index in [1.807, 2.05) is 12.1 Å². The van der Waals surface area contributed by atoms with Gasteiger partial charge in [-0.25, -0.2) is 0 Å². The lowest BCUT2D eigenvalue weighted by Crippen LogP contribution is -2.36. The molecule has 0 bridgehead atoms. The lowest BCUT2D eigenvalue weighted by atomic mass is 9.85. The van der Waals surface area contributed by atoms with Crippen LogP contribution in [-0.2, 0) is 9.59 Å². The first-order valence-corrected chi connectivity index (χ1v) is 6.06. The van der Waals surface area contributed by atoms with Gasteiger partial charge in [0.2, 0.25) is 5.91 Å². The predicted molar refractivity (Wildman–Crippen MR) is 67.7 cm³/mol. The molecule has 1 amide bonds. The molecule has 0 saturated carbocycles. The number of hydrogen-bond donors (Lipinski definition) is 1. The fourth-order valence-corrected chi connectivity index (χ4v) is 1.72. The van der Waals surface area contributed by atoms with Crippen LogP contribution in [-0.4, -0.2) is 35.0 Å². The molecule has 0 unspecified atom stereocenters. The third-order valence-electron chi connectivity index (χ3n) is 2.60. The lowest BCUT2D eigenvalue weighted by molar-refractivity contribution is -0.140. The average Bonchev–Trinajstić information content (AvgIpc) is 2.26. The average molecular weight is 265 g/mol. The maximum atomic E-state index is 12.1. The molecule has 0 aromatic heterocycles. The Kier molecular flexibility index (Phi) is 7.21. The number of hydrogen-bond acceptors (Lipinski definition) is 4. The summed E-state index contributed by atoms with van der Waals surface area (Å²) in [6.07, 6.45) is 0.409. The van der Waals surface area contributed by atoms with Crippen LogP contribution < -0.4 is 0 Å². The normalized spacial score (nSPS) is 10.3. The number of carbonyl (C=O) groups excluding carboxylic acids is 1. The van der Waals surface area contributed by atoms with Gasteiger partial charge >= 0.3 is 5.97 Å². The highest BCUT2D eigenvalue weighted by Gasteiger charge is 2.27. The Hall–Kier alpha value is -2.08. The smallest absolute Gasteiger partial charge is 0.303 e. The molecular formula is C13H19N3O3. The van der Waals surface area contributed by atoms with Crippen LogP contribution in [0.4, 0.5) is 0 Å². The molecule has 0 aliphatic carbocycles. The van der Waals surface area contributed by atoms with E-state index >= 15 is 0 Å². The summed E-state index contributed by atoms with van der Waals surface area (Å²) in [6, 6.07) is 3.91. The largest absolute Gasteiger partial charge is 0.481 e. The lowest BCUT2D eigenvalue weighted by Gasteiger charge is -2.27. The molecule has 0 saturated heterocycles. The number of carbonyl (C=O) groups is 2. The highest BCUT2D eigenvalue weighted by atomic mass is 16.4. The van der Waals surface area contributed by atoms with Gasteiger partial charge in [0.05, 0.1) is 31.4 Å². The van der Waals surface area contributed by atoms with Crippen LogP contribution in [0.15, 0.2) is 0 Å². The number of carboxylic acid groups (broad SMARTS) is 1. The number of nitriles is 2. The molecule has 0 aliphatic rings. The van der Waals surface area contributed by atoms with Gasteiger partial charge in [-0.1, -0.05) is 13.8 Å². The van der Waals surface area contributed by atoms with Gasteiger partial charge in [0.25, 0.3) is 0 Å². The molecule has 0 aliphatic heterocycles. The van der Waals surface area contributed by atoms with Gasteiger partial charge in [-0.2, -0.15) is 10.5 Å². The molecule has 6 heteroatoms. The standard InChI is InChI=1S/C13H19N3O3/c1-13(2,10-12(18)19)9-11(17)16(7-3-5-14)8-4-6-15/h3-4,7-10H2,1-2H3,(H,18,19). The van der Waals surface area contributed by atoms with Crippen LogP contribution in [0.2, 0.25) is 0 Å². The monoisotopic (exact) mass is 265 g/mol. The highest BCUT2D eigenvalue weighted by molar-refractivity contribution is 5.78. The van der Waals surface area contributed by atoms with Gasteiger partial charge in [0.15, 0.2) is 0 Å². The molecule has 6 nitrogen and oxygen atoms in total. The minimum Gasteiger partial charge on any atom is -0.481 e. The Morgan fingerprint density at radius 1 is 1.11 bits per heavy atom. The van der Waals surface area contributed by atoms with Crippen molar-refractivity contribution in [2.75, 3.05) is 13.1 Å². The number of carboxylic acids is 1. The zero-order valence-electron chi connectivity index (χ0n) is 11.3. The summed E-state index contributed by atoms with van der Waals surface area (Å²) >= 11 is 0. The fourth-order valence-electron chi connectivity index (χ4n) is 1.72. The number of aliphatic carboxylic acids is 1. The Morgan fingerprint density at radius 3 is 1.95 bits per heavy atom. The summed E-state index contributed by atoms with van der Waals surface area (Å²) < 4.78 is 0. The molecule has 0 atom stereocenters. The molecule has 1 N–H and O–H groups in total. The molecular weight excluding hydrogens is 246 g/mol. The van der Waals surface area contributed by atoms with E-state index in [-0.39, 0.29) is 44.7 Å². The van der Waals surface area contributed by atoms with Crippen LogP contribution in [0, 0.1) is 28.1 Å². The van der Waals surface area contributed by atoms with Crippen molar-refractivity contribution in [3.63, 3.8) is 0 Å². The van der Waals surface area contributed by atoms with Crippen molar-refractivity contribution in [1.29, 1.82) is 10.5 Å². The third-order valence-corrected chi connectivity index (χ3v) is 2.60. The van der Waals surface area contributed by atoms with Crippen LogP contribution in [0.5, 0.6) is 0 Å². The molecule has 19 heavy (non-hydrogen) atoms. The Balaban J connectivity index is 4.58. The van der Waals surface area contributed by atoms with Gasteiger partial charge in [0, 0.05) is 19.5 Å². The molecule has 0 fully saturated rings. The molecule has 0 radical (unpaired) electrons. The molecule has 104 valence electrons. The van der Waals surface area contributed by atoms with Gasteiger partial charge in [0.1, 0.15) is 0 Å². The summed E-state index contributed by atoms with van der Waals surface area (Å²) in [5.74, 6) is -1.16. The zero-order valence-corrected chi connectivity index (χ0v) is 11.3. The first-order chi connectivity index (χ1) is 8.82. The SMILES string of the molecule is CC(C)(CC(=O)O)CC(=O)N(CCC#N)CCC#N. The van der Waals surface area contributed by atoms with E-state index in [0.29, 0.717) is 0 Å². The maximum Gasteiger partial charge on any atom is 0.303 e. The van der Waals surface area contributed by atoms with Crippen molar-refractivity contribution in [2.45, 2.75) is 39.5 Å². The number of nitrogens with zero attached hydrogens (tertiary/aromatic N) is 3. The van der Waals surface area contributed by atoms with Crippen molar-refractivity contribution in [3.8, 4) is 12.1 Å². The van der Waals surface area contributed by atoms with Crippen molar-refractivity contribution in [2.24, 2.45) is 5.41 Å². The van der Waals surface area contributed by atoms with E-state index in [1.54, 1.807) is 13.8 Å². The second-order valence-electron chi connectivity index (χ2n) is 5.11. The van der Waals surface area contributed by atoms with Gasteiger partial charge < -0.3 is 10.0 Å². The third kappa shape index (κ3) is 7.77. The topological polar surface area (TPSA) is 105 Å². The second-order valence-corrected chi connectivity index (χ2v) is 5.11. The van der Waals surface area contributed by atoms with E-state index in [4.69, 9.17) is 15.6 Å². The van der Waals surface area contributed by atoms with E-state index < -0.39 is 11.4 Å². The van der Waals surface area contributed by atoms with Crippen molar-refractivity contribution in [1.82, 2.24) is 4.90 Å². The van der Waals surface area contributed by atoms with Crippen LogP contribution in [0.3, 0.4) is 0 Å². The first-order valence-electron chi connectivity index (χ1n) is 6.06. The zero-order chi connectivity index (χ0) is 14.9. The predicted octanol–water partition coefficient (Wildman–Crippen LogP) is 1.53. The molecule has 0 spiro atoms. The van der Waals surface area contributed by atoms with E-state index in [9.17, 15) is 9.59 Å². The van der Waals surface area contributed by atoms with Gasteiger partial charge in [-0.05, 0) is 5.41 Å². The Morgan fingerprint density at radius 2 is 1.58 bits per heavy atom.